The molecule has 3 saturated carbocycles. The van der Waals surface area contributed by atoms with Crippen molar-refractivity contribution in [2.75, 3.05) is 6.61 Å². The molecule has 9 heteroatoms. The third-order valence-electron chi connectivity index (χ3n) is 8.95. The highest BCUT2D eigenvalue weighted by atomic mass is 127. The van der Waals surface area contributed by atoms with E-state index in [1.165, 1.54) is 19.1 Å². The Morgan fingerprint density at radius 2 is 2.00 bits per heavy atom. The molecule has 0 heterocycles. The average molecular weight is 580 g/mol. The van der Waals surface area contributed by atoms with Crippen molar-refractivity contribution in [1.82, 2.24) is 0 Å². The molecular formula is C24H31F2IO6. The second-order valence-electron chi connectivity index (χ2n) is 10.9. The Morgan fingerprint density at radius 3 is 2.61 bits per heavy atom. The van der Waals surface area contributed by atoms with E-state index in [4.69, 9.17) is 7.80 Å². The Morgan fingerprint density at radius 1 is 1.33 bits per heavy atom. The van der Waals surface area contributed by atoms with Crippen molar-refractivity contribution >= 4 is 34.6 Å². The van der Waals surface area contributed by atoms with Gasteiger partial charge in [0.15, 0.2) is 23.0 Å². The lowest BCUT2D eigenvalue weighted by Crippen LogP contribution is -2.71. The summed E-state index contributed by atoms with van der Waals surface area (Å²) < 4.78 is 44.3. The van der Waals surface area contributed by atoms with Gasteiger partial charge in [0.05, 0.1) is 6.10 Å². The van der Waals surface area contributed by atoms with E-state index < -0.39 is 70.2 Å². The van der Waals surface area contributed by atoms with Gasteiger partial charge in [-0.1, -0.05) is 13.0 Å². The van der Waals surface area contributed by atoms with Crippen LogP contribution in [0.5, 0.6) is 0 Å². The number of aliphatic hydroxyl groups excluding tert-OH is 2. The molecule has 0 aromatic heterocycles. The molecule has 184 valence electrons. The summed E-state index contributed by atoms with van der Waals surface area (Å²) in [7, 11) is 0. The summed E-state index contributed by atoms with van der Waals surface area (Å²) in [6.07, 6.45) is 0.929. The van der Waals surface area contributed by atoms with Crippen molar-refractivity contribution in [3.8, 4) is 0 Å². The highest BCUT2D eigenvalue weighted by Gasteiger charge is 2.76. The molecule has 0 aromatic rings. The third kappa shape index (κ3) is 3.21. The smallest absolute Gasteiger partial charge is 0.190 e. The predicted octanol–water partition coefficient (Wildman–Crippen LogP) is 3.72. The number of carbonyl (C=O) groups is 2. The summed E-state index contributed by atoms with van der Waals surface area (Å²) in [4.78, 5) is 25.1. The van der Waals surface area contributed by atoms with E-state index in [0.29, 0.717) is 6.42 Å². The molecule has 0 spiro atoms. The molecule has 3 fully saturated rings. The number of fused-ring (bicyclic) bond motifs is 5. The zero-order valence-electron chi connectivity index (χ0n) is 19.2. The van der Waals surface area contributed by atoms with E-state index >= 15 is 8.78 Å². The molecule has 4 aliphatic carbocycles. The van der Waals surface area contributed by atoms with Crippen LogP contribution in [-0.2, 0) is 17.4 Å². The van der Waals surface area contributed by atoms with Gasteiger partial charge >= 0.3 is 0 Å². The van der Waals surface area contributed by atoms with Crippen molar-refractivity contribution in [2.24, 2.45) is 22.7 Å². The Bertz CT molecular complexity index is 936. The van der Waals surface area contributed by atoms with Gasteiger partial charge in [-0.2, -0.15) is 0 Å². The van der Waals surface area contributed by atoms with Crippen LogP contribution in [0.25, 0.3) is 0 Å². The van der Waals surface area contributed by atoms with E-state index in [0.717, 1.165) is 6.08 Å². The molecule has 33 heavy (non-hydrogen) atoms. The maximum atomic E-state index is 17.2. The zero-order chi connectivity index (χ0) is 24.6. The monoisotopic (exact) mass is 580 g/mol. The van der Waals surface area contributed by atoms with Gasteiger partial charge in [0.2, 0.25) is 0 Å². The van der Waals surface area contributed by atoms with E-state index in [1.54, 1.807) is 43.8 Å². The number of hydrogen-bond acceptors (Lipinski definition) is 6. The fourth-order valence-corrected chi connectivity index (χ4v) is 7.53. The van der Waals surface area contributed by atoms with Crippen LogP contribution in [0.1, 0.15) is 53.4 Å². The van der Waals surface area contributed by atoms with Gasteiger partial charge in [0.1, 0.15) is 41.4 Å². The maximum Gasteiger partial charge on any atom is 0.190 e. The number of ether oxygens (including phenoxy) is 1. The second kappa shape index (κ2) is 7.88. The first-order chi connectivity index (χ1) is 15.2. The van der Waals surface area contributed by atoms with Gasteiger partial charge in [-0.15, -0.1) is 0 Å². The molecular weight excluding hydrogens is 549 g/mol. The molecule has 0 aliphatic heterocycles. The van der Waals surface area contributed by atoms with Gasteiger partial charge in [0, 0.05) is 16.7 Å². The third-order valence-corrected chi connectivity index (χ3v) is 10.0. The van der Waals surface area contributed by atoms with Crippen LogP contribution >= 0.6 is 23.0 Å². The van der Waals surface area contributed by atoms with Gasteiger partial charge in [0.25, 0.3) is 0 Å². The molecule has 0 aromatic carbocycles. The molecule has 0 bridgehead atoms. The molecule has 0 saturated heterocycles. The Kier molecular flexibility index (Phi) is 6.05. The number of carbonyl (C=O) groups excluding carboxylic acids is 2. The van der Waals surface area contributed by atoms with E-state index in [2.05, 4.69) is 0 Å². The fourth-order valence-electron chi connectivity index (χ4n) is 7.44. The normalized spacial score (nSPS) is 46.9. The second-order valence-corrected chi connectivity index (χ2v) is 11.3. The van der Waals surface area contributed by atoms with Gasteiger partial charge in [-0.25, -0.2) is 8.78 Å². The number of alkyl halides is 2. The van der Waals surface area contributed by atoms with E-state index in [-0.39, 0.29) is 24.8 Å². The number of Topliss-reactive ketones (excluding diaryl/α,β-unsaturated/α-hetero) is 1. The Labute approximate surface area is 206 Å². The van der Waals surface area contributed by atoms with Crippen molar-refractivity contribution in [3.05, 3.63) is 23.8 Å². The molecule has 4 aliphatic rings. The SMILES string of the molecule is CC(C)(OI)O[C@]1(C(=O)CO)CC[C@H]2[C@@H]3C[C@H](F)C4=CC(=O)C=C[C@]4(C)[C@@]3(F)[C@@H](O)C[C@@]21C. The number of ketones is 2. The number of halogens is 3. The lowest BCUT2D eigenvalue weighted by atomic mass is 9.44. The van der Waals surface area contributed by atoms with Gasteiger partial charge in [-0.3, -0.25) is 12.7 Å². The highest BCUT2D eigenvalue weighted by Crippen LogP contribution is 2.71. The van der Waals surface area contributed by atoms with Crippen LogP contribution in [0.15, 0.2) is 23.8 Å². The quantitative estimate of drug-likeness (QED) is 0.381. The number of allylic oxidation sites excluding steroid dienone is 4. The van der Waals surface area contributed by atoms with Crippen molar-refractivity contribution in [1.29, 1.82) is 0 Å². The zero-order valence-corrected chi connectivity index (χ0v) is 21.4. The number of rotatable bonds is 5. The first-order valence-corrected chi connectivity index (χ1v) is 12.2. The van der Waals surface area contributed by atoms with Crippen LogP contribution in [0.2, 0.25) is 0 Å². The van der Waals surface area contributed by atoms with Gasteiger partial charge < -0.3 is 14.9 Å². The average Bonchev–Trinajstić information content (AvgIpc) is 3.03. The summed E-state index contributed by atoms with van der Waals surface area (Å²) in [5, 5.41) is 21.2. The minimum Gasteiger partial charge on any atom is -0.390 e. The Balaban J connectivity index is 1.84. The van der Waals surface area contributed by atoms with Crippen molar-refractivity contribution in [2.45, 2.75) is 82.7 Å². The summed E-state index contributed by atoms with van der Waals surface area (Å²) >= 11 is 1.67. The summed E-state index contributed by atoms with van der Waals surface area (Å²) in [6, 6.07) is 0. The van der Waals surface area contributed by atoms with Gasteiger partial charge in [-0.05, 0) is 70.1 Å². The molecule has 0 amide bonds. The molecule has 4 rings (SSSR count). The van der Waals surface area contributed by atoms with Crippen molar-refractivity contribution < 1.29 is 36.4 Å². The van der Waals surface area contributed by atoms with E-state index in [9.17, 15) is 19.8 Å². The van der Waals surface area contributed by atoms with Crippen LogP contribution in [0.3, 0.4) is 0 Å². The molecule has 0 radical (unpaired) electrons. The largest absolute Gasteiger partial charge is 0.390 e. The fraction of sp³-hybridized carbons (Fsp3) is 0.750. The maximum absolute atomic E-state index is 17.2. The minimum absolute atomic E-state index is 0.0581. The van der Waals surface area contributed by atoms with Crippen molar-refractivity contribution in [3.63, 3.8) is 0 Å². The molecule has 8 atom stereocenters. The Hall–Kier alpha value is -0.750. The topological polar surface area (TPSA) is 93.1 Å². The van der Waals surface area contributed by atoms with Crippen LogP contribution in [0.4, 0.5) is 8.78 Å². The minimum atomic E-state index is -2.23. The first-order valence-electron chi connectivity index (χ1n) is 11.3. The highest BCUT2D eigenvalue weighted by molar-refractivity contribution is 14.1. The first kappa shape index (κ1) is 25.3. The summed E-state index contributed by atoms with van der Waals surface area (Å²) in [5.41, 5.74) is -6.24. The lowest BCUT2D eigenvalue weighted by molar-refractivity contribution is -0.272. The standard InChI is InChI=1S/C24H31F2IO6/c1-20(2,33-27)32-23(19(31)12-28)8-6-14-15-10-17(25)16-9-13(29)5-7-21(16,3)24(15,26)18(30)11-22(14,23)4/h5,7,9,14-15,17-18,28,30H,6,8,10-12H2,1-4H3/t14-,15-,17-,18-,21-,22-,23-,24-/m0/s1. The lowest BCUT2D eigenvalue weighted by Gasteiger charge is -2.63. The molecule has 0 unspecified atom stereocenters. The van der Waals surface area contributed by atoms with Crippen LogP contribution < -0.4 is 0 Å². The number of hydrogen-bond donors (Lipinski definition) is 2. The summed E-state index contributed by atoms with van der Waals surface area (Å²) in [6.45, 7) is 5.81. The summed E-state index contributed by atoms with van der Waals surface area (Å²) in [5.74, 6) is -3.56. The number of aliphatic hydroxyl groups is 2. The predicted molar refractivity (Wildman–Crippen MR) is 124 cm³/mol. The molecule has 6 nitrogen and oxygen atoms in total. The molecule has 2 N–H and O–H groups in total. The van der Waals surface area contributed by atoms with Crippen LogP contribution in [0, 0.1) is 22.7 Å². The van der Waals surface area contributed by atoms with E-state index in [1.807, 2.05) is 0 Å². The van der Waals surface area contributed by atoms with Crippen LogP contribution in [-0.4, -0.2) is 57.7 Å².